The predicted molar refractivity (Wildman–Crippen MR) is 106 cm³/mol. The second kappa shape index (κ2) is 10.5. The first-order valence-electron chi connectivity index (χ1n) is 8.62. The van der Waals surface area contributed by atoms with Gasteiger partial charge >= 0.3 is 17.8 Å². The lowest BCUT2D eigenvalue weighted by atomic mass is 10.2. The third kappa shape index (κ3) is 5.80. The Morgan fingerprint density at radius 1 is 1.00 bits per heavy atom. The topological polar surface area (TPSA) is 115 Å². The number of para-hydroxylation sites is 1. The molecule has 0 aliphatic carbocycles. The Morgan fingerprint density at radius 2 is 1.72 bits per heavy atom. The van der Waals surface area contributed by atoms with Gasteiger partial charge in [-0.3, -0.25) is 9.59 Å². The summed E-state index contributed by atoms with van der Waals surface area (Å²) in [6.07, 6.45) is 1.33. The van der Waals surface area contributed by atoms with Crippen LogP contribution in [-0.2, 0) is 14.3 Å². The van der Waals surface area contributed by atoms with Crippen molar-refractivity contribution in [1.82, 2.24) is 5.43 Å². The molecule has 0 unspecified atom stereocenters. The van der Waals surface area contributed by atoms with Gasteiger partial charge in [-0.2, -0.15) is 5.10 Å². The SMILES string of the molecule is CCOC(=O)c1ccc(NC(=O)C(=O)N/N=C\c2cccc(OC)c2OC)cc1. The molecule has 0 bridgehead atoms. The van der Waals surface area contributed by atoms with E-state index in [0.717, 1.165) is 0 Å². The fraction of sp³-hybridized carbons (Fsp3) is 0.200. The van der Waals surface area contributed by atoms with Crippen molar-refractivity contribution in [3.05, 3.63) is 53.6 Å². The maximum Gasteiger partial charge on any atom is 0.338 e. The minimum Gasteiger partial charge on any atom is -0.493 e. The highest BCUT2D eigenvalue weighted by molar-refractivity contribution is 6.39. The summed E-state index contributed by atoms with van der Waals surface area (Å²) in [6.45, 7) is 1.97. The molecule has 0 heterocycles. The largest absolute Gasteiger partial charge is 0.493 e. The average molecular weight is 399 g/mol. The standard InChI is InChI=1S/C20H21N3O6/c1-4-29-20(26)13-8-10-15(11-9-13)22-18(24)19(25)23-21-12-14-6-5-7-16(27-2)17(14)28-3/h5-12H,4H2,1-3H3,(H,22,24)(H,23,25)/b21-12-. The van der Waals surface area contributed by atoms with Crippen LogP contribution in [0, 0.1) is 0 Å². The van der Waals surface area contributed by atoms with E-state index in [9.17, 15) is 14.4 Å². The lowest BCUT2D eigenvalue weighted by Crippen LogP contribution is -2.32. The summed E-state index contributed by atoms with van der Waals surface area (Å²) in [5.74, 6) is -1.39. The molecule has 0 aromatic heterocycles. The summed E-state index contributed by atoms with van der Waals surface area (Å²) in [7, 11) is 2.98. The van der Waals surface area contributed by atoms with E-state index in [1.54, 1.807) is 25.1 Å². The molecule has 152 valence electrons. The molecule has 0 radical (unpaired) electrons. The molecule has 29 heavy (non-hydrogen) atoms. The van der Waals surface area contributed by atoms with Crippen LogP contribution in [0.25, 0.3) is 0 Å². The van der Waals surface area contributed by atoms with E-state index in [0.29, 0.717) is 28.3 Å². The summed E-state index contributed by atoms with van der Waals surface area (Å²) in [5.41, 5.74) is 3.37. The van der Waals surface area contributed by atoms with Crippen molar-refractivity contribution >= 4 is 29.7 Å². The highest BCUT2D eigenvalue weighted by atomic mass is 16.5. The van der Waals surface area contributed by atoms with Crippen molar-refractivity contribution in [3.63, 3.8) is 0 Å². The molecule has 2 aromatic carbocycles. The van der Waals surface area contributed by atoms with Gasteiger partial charge in [-0.1, -0.05) is 6.07 Å². The number of anilines is 1. The van der Waals surface area contributed by atoms with Crippen molar-refractivity contribution in [1.29, 1.82) is 0 Å². The van der Waals surface area contributed by atoms with Crippen LogP contribution in [0.2, 0.25) is 0 Å². The zero-order valence-corrected chi connectivity index (χ0v) is 16.2. The molecule has 0 aliphatic rings. The quantitative estimate of drug-likeness (QED) is 0.318. The third-order valence-electron chi connectivity index (χ3n) is 3.66. The number of esters is 1. The van der Waals surface area contributed by atoms with Gasteiger partial charge in [0.15, 0.2) is 11.5 Å². The monoisotopic (exact) mass is 399 g/mol. The Balaban J connectivity index is 1.95. The molecule has 0 spiro atoms. The number of hydrazone groups is 1. The van der Waals surface area contributed by atoms with Gasteiger partial charge in [-0.25, -0.2) is 10.2 Å². The van der Waals surface area contributed by atoms with Crippen LogP contribution in [0.4, 0.5) is 5.69 Å². The van der Waals surface area contributed by atoms with Crippen LogP contribution in [0.15, 0.2) is 47.6 Å². The Kier molecular flexibility index (Phi) is 7.72. The van der Waals surface area contributed by atoms with Crippen LogP contribution in [0.5, 0.6) is 11.5 Å². The average Bonchev–Trinajstić information content (AvgIpc) is 2.73. The number of carbonyl (C=O) groups excluding carboxylic acids is 3. The summed E-state index contributed by atoms with van der Waals surface area (Å²) >= 11 is 0. The Hall–Kier alpha value is -3.88. The molecule has 2 amide bonds. The van der Waals surface area contributed by atoms with E-state index in [2.05, 4.69) is 15.8 Å². The molecule has 9 heteroatoms. The fourth-order valence-corrected chi connectivity index (χ4v) is 2.32. The molecule has 0 atom stereocenters. The van der Waals surface area contributed by atoms with Gasteiger partial charge < -0.3 is 19.5 Å². The van der Waals surface area contributed by atoms with E-state index < -0.39 is 17.8 Å². The number of hydrogen-bond acceptors (Lipinski definition) is 7. The maximum absolute atomic E-state index is 12.0. The molecule has 0 aliphatic heterocycles. The lowest BCUT2D eigenvalue weighted by Gasteiger charge is -2.09. The van der Waals surface area contributed by atoms with Crippen molar-refractivity contribution in [2.24, 2.45) is 5.10 Å². The molecule has 9 nitrogen and oxygen atoms in total. The predicted octanol–water partition coefficient (Wildman–Crippen LogP) is 1.97. The highest BCUT2D eigenvalue weighted by Gasteiger charge is 2.14. The Bertz CT molecular complexity index is 909. The van der Waals surface area contributed by atoms with Gasteiger partial charge in [0.05, 0.1) is 32.6 Å². The number of nitrogens with one attached hydrogen (secondary N) is 2. The molecule has 2 rings (SSSR count). The van der Waals surface area contributed by atoms with Crippen molar-refractivity contribution in [2.45, 2.75) is 6.92 Å². The molecular weight excluding hydrogens is 378 g/mol. The van der Waals surface area contributed by atoms with Crippen molar-refractivity contribution in [2.75, 3.05) is 26.1 Å². The second-order valence-electron chi connectivity index (χ2n) is 5.53. The van der Waals surface area contributed by atoms with Crippen LogP contribution < -0.4 is 20.2 Å². The lowest BCUT2D eigenvalue weighted by molar-refractivity contribution is -0.136. The number of carbonyl (C=O) groups is 3. The van der Waals surface area contributed by atoms with Crippen LogP contribution >= 0.6 is 0 Å². The van der Waals surface area contributed by atoms with Gasteiger partial charge in [0.25, 0.3) is 0 Å². The number of ether oxygens (including phenoxy) is 3. The number of hydrogen-bond donors (Lipinski definition) is 2. The first kappa shape index (κ1) is 21.4. The van der Waals surface area contributed by atoms with Gasteiger partial charge in [0.2, 0.25) is 0 Å². The first-order chi connectivity index (χ1) is 14.0. The maximum atomic E-state index is 12.0. The minimum atomic E-state index is -0.961. The molecule has 2 N–H and O–H groups in total. The molecule has 0 fully saturated rings. The van der Waals surface area contributed by atoms with Crippen LogP contribution in [0.1, 0.15) is 22.8 Å². The Morgan fingerprint density at radius 3 is 2.34 bits per heavy atom. The van der Waals surface area contributed by atoms with E-state index in [1.165, 1.54) is 44.7 Å². The second-order valence-corrected chi connectivity index (χ2v) is 5.53. The van der Waals surface area contributed by atoms with Gasteiger partial charge in [-0.05, 0) is 43.3 Å². The number of amides is 2. The number of benzene rings is 2. The molecule has 0 saturated heterocycles. The smallest absolute Gasteiger partial charge is 0.338 e. The summed E-state index contributed by atoms with van der Waals surface area (Å²) < 4.78 is 15.3. The van der Waals surface area contributed by atoms with Crippen molar-refractivity contribution < 1.29 is 28.6 Å². The summed E-state index contributed by atoms with van der Waals surface area (Å²) in [6, 6.07) is 11.1. The minimum absolute atomic E-state index is 0.264. The molecule has 2 aromatic rings. The highest BCUT2D eigenvalue weighted by Crippen LogP contribution is 2.29. The Labute approximate surface area is 167 Å². The normalized spacial score (nSPS) is 10.3. The van der Waals surface area contributed by atoms with E-state index >= 15 is 0 Å². The molecule has 0 saturated carbocycles. The first-order valence-corrected chi connectivity index (χ1v) is 8.62. The van der Waals surface area contributed by atoms with E-state index in [1.807, 2.05) is 0 Å². The zero-order valence-electron chi connectivity index (χ0n) is 16.2. The van der Waals surface area contributed by atoms with Crippen LogP contribution in [0.3, 0.4) is 0 Å². The molecular formula is C20H21N3O6. The van der Waals surface area contributed by atoms with Gasteiger partial charge in [-0.15, -0.1) is 0 Å². The van der Waals surface area contributed by atoms with Gasteiger partial charge in [0, 0.05) is 11.3 Å². The van der Waals surface area contributed by atoms with Crippen LogP contribution in [-0.4, -0.2) is 44.8 Å². The van der Waals surface area contributed by atoms with E-state index in [4.69, 9.17) is 14.2 Å². The van der Waals surface area contributed by atoms with Crippen molar-refractivity contribution in [3.8, 4) is 11.5 Å². The summed E-state index contributed by atoms with van der Waals surface area (Å²) in [5, 5.41) is 6.17. The zero-order chi connectivity index (χ0) is 21.2. The number of rotatable bonds is 7. The third-order valence-corrected chi connectivity index (χ3v) is 3.66. The fourth-order valence-electron chi connectivity index (χ4n) is 2.32. The number of nitrogens with zero attached hydrogens (tertiary/aromatic N) is 1. The van der Waals surface area contributed by atoms with Gasteiger partial charge in [0.1, 0.15) is 0 Å². The summed E-state index contributed by atoms with van der Waals surface area (Å²) in [4.78, 5) is 35.5. The number of methoxy groups -OCH3 is 2. The van der Waals surface area contributed by atoms with E-state index in [-0.39, 0.29) is 6.61 Å².